The highest BCUT2D eigenvalue weighted by Crippen LogP contribution is 2.17. The third kappa shape index (κ3) is 2.47. The number of anilines is 1. The van der Waals surface area contributed by atoms with Gasteiger partial charge in [-0.3, -0.25) is 14.9 Å². The fourth-order valence-electron chi connectivity index (χ4n) is 1.27. The number of sulfonamides is 1. The van der Waals surface area contributed by atoms with Gasteiger partial charge in [-0.25, -0.2) is 0 Å². The molecule has 0 fully saturated rings. The fourth-order valence-corrected chi connectivity index (χ4v) is 2.17. The standard InChI is InChI=1S/C9H13N5O2S/c1-6(2)7-5-8(12-11-7)14-17(15,16)9-3-4-10-13-9/h3-6H,1-2H3,(H,10,13)(H2,11,12,14). The highest BCUT2D eigenvalue weighted by Gasteiger charge is 2.17. The average Bonchev–Trinajstić information content (AvgIpc) is 2.85. The molecule has 0 radical (unpaired) electrons. The lowest BCUT2D eigenvalue weighted by Gasteiger charge is -2.01. The first-order valence-electron chi connectivity index (χ1n) is 5.06. The molecule has 0 aliphatic carbocycles. The number of aromatic nitrogens is 4. The van der Waals surface area contributed by atoms with E-state index in [1.54, 1.807) is 6.07 Å². The molecule has 0 amide bonds. The van der Waals surface area contributed by atoms with Gasteiger partial charge in [0.2, 0.25) is 0 Å². The smallest absolute Gasteiger partial charge is 0.280 e. The zero-order valence-electron chi connectivity index (χ0n) is 9.43. The van der Waals surface area contributed by atoms with Gasteiger partial charge < -0.3 is 0 Å². The van der Waals surface area contributed by atoms with Gasteiger partial charge in [0.05, 0.1) is 6.20 Å². The molecule has 2 aromatic heterocycles. The van der Waals surface area contributed by atoms with E-state index in [0.29, 0.717) is 0 Å². The molecule has 0 atom stereocenters. The van der Waals surface area contributed by atoms with Crippen LogP contribution < -0.4 is 4.72 Å². The minimum atomic E-state index is -3.63. The lowest BCUT2D eigenvalue weighted by Crippen LogP contribution is -2.13. The summed E-state index contributed by atoms with van der Waals surface area (Å²) in [6.45, 7) is 3.97. The number of aromatic amines is 2. The normalized spacial score (nSPS) is 11.9. The van der Waals surface area contributed by atoms with E-state index in [4.69, 9.17) is 0 Å². The van der Waals surface area contributed by atoms with E-state index in [2.05, 4.69) is 25.1 Å². The Morgan fingerprint density at radius 1 is 1.35 bits per heavy atom. The maximum Gasteiger partial charge on any atom is 0.280 e. The van der Waals surface area contributed by atoms with Crippen LogP contribution >= 0.6 is 0 Å². The van der Waals surface area contributed by atoms with Crippen LogP contribution in [0.4, 0.5) is 5.82 Å². The molecular formula is C9H13N5O2S. The highest BCUT2D eigenvalue weighted by molar-refractivity contribution is 7.92. The van der Waals surface area contributed by atoms with Crippen LogP contribution in [-0.2, 0) is 10.0 Å². The summed E-state index contributed by atoms with van der Waals surface area (Å²) in [7, 11) is -3.63. The van der Waals surface area contributed by atoms with E-state index in [9.17, 15) is 8.42 Å². The van der Waals surface area contributed by atoms with Crippen molar-refractivity contribution >= 4 is 15.8 Å². The van der Waals surface area contributed by atoms with Gasteiger partial charge in [-0.05, 0) is 12.0 Å². The van der Waals surface area contributed by atoms with E-state index in [1.165, 1.54) is 12.3 Å². The minimum absolute atomic E-state index is 0.00611. The summed E-state index contributed by atoms with van der Waals surface area (Å²) in [4.78, 5) is 0. The van der Waals surface area contributed by atoms with Gasteiger partial charge in [-0.2, -0.15) is 18.6 Å². The van der Waals surface area contributed by atoms with Crippen LogP contribution in [0.15, 0.2) is 23.4 Å². The molecule has 92 valence electrons. The lowest BCUT2D eigenvalue weighted by atomic mass is 10.1. The van der Waals surface area contributed by atoms with Crippen molar-refractivity contribution in [2.75, 3.05) is 4.72 Å². The molecule has 0 aliphatic rings. The quantitative estimate of drug-likeness (QED) is 0.759. The fraction of sp³-hybridized carbons (Fsp3) is 0.333. The average molecular weight is 255 g/mol. The molecule has 8 heteroatoms. The second kappa shape index (κ2) is 4.21. The summed E-state index contributed by atoms with van der Waals surface area (Å²) in [5, 5.41) is 12.6. The minimum Gasteiger partial charge on any atom is -0.280 e. The molecule has 2 aromatic rings. The molecule has 0 saturated carbocycles. The predicted molar refractivity (Wildman–Crippen MR) is 62.1 cm³/mol. The molecule has 2 heterocycles. The van der Waals surface area contributed by atoms with Crippen molar-refractivity contribution in [3.63, 3.8) is 0 Å². The Morgan fingerprint density at radius 2 is 2.12 bits per heavy atom. The van der Waals surface area contributed by atoms with E-state index in [-0.39, 0.29) is 16.8 Å². The molecule has 3 N–H and O–H groups in total. The monoisotopic (exact) mass is 255 g/mol. The second-order valence-electron chi connectivity index (χ2n) is 3.89. The Morgan fingerprint density at radius 3 is 2.65 bits per heavy atom. The van der Waals surface area contributed by atoms with E-state index >= 15 is 0 Å². The maximum atomic E-state index is 11.8. The number of hydrogen-bond acceptors (Lipinski definition) is 4. The van der Waals surface area contributed by atoms with Gasteiger partial charge in [-0.15, -0.1) is 0 Å². The summed E-state index contributed by atoms with van der Waals surface area (Å²) in [6.07, 6.45) is 1.37. The van der Waals surface area contributed by atoms with Crippen LogP contribution in [-0.4, -0.2) is 28.8 Å². The van der Waals surface area contributed by atoms with Crippen molar-refractivity contribution in [2.45, 2.75) is 24.8 Å². The lowest BCUT2D eigenvalue weighted by molar-refractivity contribution is 0.597. The molecule has 17 heavy (non-hydrogen) atoms. The Hall–Kier alpha value is -1.83. The van der Waals surface area contributed by atoms with Gasteiger partial charge in [-0.1, -0.05) is 13.8 Å². The number of nitrogens with one attached hydrogen (secondary N) is 3. The van der Waals surface area contributed by atoms with Crippen LogP contribution in [0.2, 0.25) is 0 Å². The number of hydrogen-bond donors (Lipinski definition) is 3. The first kappa shape index (κ1) is 11.6. The zero-order valence-corrected chi connectivity index (χ0v) is 10.2. The summed E-state index contributed by atoms with van der Waals surface area (Å²) >= 11 is 0. The maximum absolute atomic E-state index is 11.8. The molecule has 0 saturated heterocycles. The SMILES string of the molecule is CC(C)c1cc(NS(=O)(=O)c2ccn[nH]2)n[nH]1. The first-order chi connectivity index (χ1) is 7.99. The predicted octanol–water partition coefficient (Wildman–Crippen LogP) is 1.06. The summed E-state index contributed by atoms with van der Waals surface area (Å²) in [6, 6.07) is 3.04. The van der Waals surface area contributed by atoms with Crippen LogP contribution in [0.5, 0.6) is 0 Å². The highest BCUT2D eigenvalue weighted by atomic mass is 32.2. The summed E-state index contributed by atoms with van der Waals surface area (Å²) in [5.41, 5.74) is 0.868. The molecule has 0 bridgehead atoms. The molecule has 0 unspecified atom stereocenters. The van der Waals surface area contributed by atoms with Gasteiger partial charge in [0.15, 0.2) is 10.8 Å². The Labute approximate surface area is 98.7 Å². The number of H-pyrrole nitrogens is 2. The largest absolute Gasteiger partial charge is 0.280 e. The molecule has 0 spiro atoms. The van der Waals surface area contributed by atoms with E-state index in [1.807, 2.05) is 13.8 Å². The van der Waals surface area contributed by atoms with Gasteiger partial charge >= 0.3 is 0 Å². The molecular weight excluding hydrogens is 242 g/mol. The van der Waals surface area contributed by atoms with Gasteiger partial charge in [0.1, 0.15) is 0 Å². The second-order valence-corrected chi connectivity index (χ2v) is 5.54. The van der Waals surface area contributed by atoms with Crippen molar-refractivity contribution in [3.05, 3.63) is 24.0 Å². The third-order valence-electron chi connectivity index (χ3n) is 2.22. The number of rotatable bonds is 4. The van der Waals surface area contributed by atoms with Crippen molar-refractivity contribution in [2.24, 2.45) is 0 Å². The summed E-state index contributed by atoms with van der Waals surface area (Å²) < 4.78 is 26.0. The molecule has 2 rings (SSSR count). The summed E-state index contributed by atoms with van der Waals surface area (Å²) in [5.74, 6) is 0.524. The van der Waals surface area contributed by atoms with Crippen LogP contribution in [0.3, 0.4) is 0 Å². The third-order valence-corrected chi connectivity index (χ3v) is 3.51. The Balaban J connectivity index is 2.21. The molecule has 0 aromatic carbocycles. The zero-order chi connectivity index (χ0) is 12.5. The van der Waals surface area contributed by atoms with Crippen molar-refractivity contribution in [1.82, 2.24) is 20.4 Å². The van der Waals surface area contributed by atoms with E-state index in [0.717, 1.165) is 5.69 Å². The van der Waals surface area contributed by atoms with Gasteiger partial charge in [0, 0.05) is 11.8 Å². The van der Waals surface area contributed by atoms with Crippen LogP contribution in [0.1, 0.15) is 25.5 Å². The molecule has 7 nitrogen and oxygen atoms in total. The first-order valence-corrected chi connectivity index (χ1v) is 6.55. The Kier molecular flexibility index (Phi) is 2.88. The van der Waals surface area contributed by atoms with Crippen molar-refractivity contribution in [3.8, 4) is 0 Å². The van der Waals surface area contributed by atoms with Crippen molar-refractivity contribution in [1.29, 1.82) is 0 Å². The topological polar surface area (TPSA) is 104 Å². The van der Waals surface area contributed by atoms with E-state index < -0.39 is 10.0 Å². The number of nitrogens with zero attached hydrogens (tertiary/aromatic N) is 2. The van der Waals surface area contributed by atoms with Crippen LogP contribution in [0.25, 0.3) is 0 Å². The van der Waals surface area contributed by atoms with Crippen LogP contribution in [0, 0.1) is 0 Å². The Bertz CT molecular complexity index is 585. The molecule has 0 aliphatic heterocycles. The van der Waals surface area contributed by atoms with Gasteiger partial charge in [0.25, 0.3) is 10.0 Å². The van der Waals surface area contributed by atoms with Crippen molar-refractivity contribution < 1.29 is 8.42 Å².